The molecule has 1 amide bonds. The van der Waals surface area contributed by atoms with Crippen LogP contribution in [0, 0.1) is 6.92 Å². The number of nitrogens with one attached hydrogen (secondary N) is 1. The van der Waals surface area contributed by atoms with Crippen molar-refractivity contribution in [3.8, 4) is 5.69 Å². The van der Waals surface area contributed by atoms with Crippen LogP contribution in [0.4, 0.5) is 0 Å². The highest BCUT2D eigenvalue weighted by Crippen LogP contribution is 2.17. The van der Waals surface area contributed by atoms with Gasteiger partial charge in [0.2, 0.25) is 0 Å². The lowest BCUT2D eigenvalue weighted by atomic mass is 10.1. The number of hydrogen-bond acceptors (Lipinski definition) is 4. The van der Waals surface area contributed by atoms with Gasteiger partial charge in [-0.05, 0) is 44.5 Å². The van der Waals surface area contributed by atoms with E-state index >= 15 is 0 Å². The summed E-state index contributed by atoms with van der Waals surface area (Å²) >= 11 is 0. The van der Waals surface area contributed by atoms with Crippen molar-refractivity contribution in [3.63, 3.8) is 0 Å². The van der Waals surface area contributed by atoms with Crippen molar-refractivity contribution in [3.05, 3.63) is 42.0 Å². The van der Waals surface area contributed by atoms with E-state index in [2.05, 4.69) is 29.2 Å². The van der Waals surface area contributed by atoms with Gasteiger partial charge in [-0.15, -0.1) is 0 Å². The minimum Gasteiger partial charge on any atom is -0.336 e. The smallest absolute Gasteiger partial charge is 0.253 e. The van der Waals surface area contributed by atoms with Gasteiger partial charge in [-0.2, -0.15) is 5.10 Å². The zero-order valence-corrected chi connectivity index (χ0v) is 13.2. The summed E-state index contributed by atoms with van der Waals surface area (Å²) in [7, 11) is 0. The molecule has 1 aromatic heterocycles. The average Bonchev–Trinajstić information content (AvgIpc) is 2.99. The average molecular weight is 299 g/mol. The Morgan fingerprint density at radius 2 is 2.00 bits per heavy atom. The summed E-state index contributed by atoms with van der Waals surface area (Å²) in [5.74, 6) is 0.0911. The third-order valence-corrected chi connectivity index (χ3v) is 3.95. The molecule has 1 aliphatic rings. The summed E-state index contributed by atoms with van der Waals surface area (Å²) in [4.78, 5) is 18.6. The molecule has 1 aliphatic heterocycles. The lowest BCUT2D eigenvalue weighted by Gasteiger charge is -2.36. The van der Waals surface area contributed by atoms with E-state index in [4.69, 9.17) is 0 Å². The molecule has 0 unspecified atom stereocenters. The Hall–Kier alpha value is -2.21. The van der Waals surface area contributed by atoms with E-state index in [0.29, 0.717) is 12.1 Å². The van der Waals surface area contributed by atoms with E-state index < -0.39 is 0 Å². The maximum absolute atomic E-state index is 12.7. The molecule has 0 bridgehead atoms. The third-order valence-electron chi connectivity index (χ3n) is 3.95. The predicted octanol–water partition coefficient (Wildman–Crippen LogP) is 1.40. The fraction of sp³-hybridized carbons (Fsp3) is 0.438. The van der Waals surface area contributed by atoms with E-state index in [1.165, 1.54) is 6.33 Å². The molecule has 2 atom stereocenters. The quantitative estimate of drug-likeness (QED) is 0.910. The highest BCUT2D eigenvalue weighted by Gasteiger charge is 2.25. The topological polar surface area (TPSA) is 63.1 Å². The first-order chi connectivity index (χ1) is 10.5. The van der Waals surface area contributed by atoms with Gasteiger partial charge in [-0.25, -0.2) is 9.67 Å². The summed E-state index contributed by atoms with van der Waals surface area (Å²) in [5, 5.41) is 7.58. The van der Waals surface area contributed by atoms with Gasteiger partial charge in [0.05, 0.1) is 5.69 Å². The number of hydrogen-bond donors (Lipinski definition) is 1. The number of benzene rings is 1. The van der Waals surface area contributed by atoms with Crippen LogP contribution in [-0.2, 0) is 0 Å². The lowest BCUT2D eigenvalue weighted by Crippen LogP contribution is -2.55. The highest BCUT2D eigenvalue weighted by atomic mass is 16.2. The summed E-state index contributed by atoms with van der Waals surface area (Å²) in [5.41, 5.74) is 2.67. The molecule has 0 radical (unpaired) electrons. The maximum Gasteiger partial charge on any atom is 0.253 e. The Balaban J connectivity index is 1.83. The van der Waals surface area contributed by atoms with Gasteiger partial charge in [-0.3, -0.25) is 4.79 Å². The molecule has 0 saturated carbocycles. The second-order valence-corrected chi connectivity index (χ2v) is 6.02. The molecule has 1 saturated heterocycles. The zero-order valence-electron chi connectivity index (χ0n) is 13.2. The summed E-state index contributed by atoms with van der Waals surface area (Å²) < 4.78 is 1.71. The van der Waals surface area contributed by atoms with E-state index in [0.717, 1.165) is 29.9 Å². The maximum atomic E-state index is 12.7. The van der Waals surface area contributed by atoms with Gasteiger partial charge in [0, 0.05) is 30.7 Å². The normalized spacial score (nSPS) is 21.9. The van der Waals surface area contributed by atoms with Crippen LogP contribution in [0.3, 0.4) is 0 Å². The van der Waals surface area contributed by atoms with Crippen molar-refractivity contribution >= 4 is 5.91 Å². The Bertz CT molecular complexity index is 657. The first-order valence-corrected chi connectivity index (χ1v) is 7.55. The standard InChI is InChI=1S/C16H21N5O/c1-11-6-14(4-5-15(11)21-10-17-9-18-21)16(22)20-7-12(2)19-13(3)8-20/h4-6,9-10,12-13,19H,7-8H2,1-3H3/t12-,13+. The second kappa shape index (κ2) is 5.88. The van der Waals surface area contributed by atoms with Gasteiger partial charge in [0.15, 0.2) is 0 Å². The molecule has 6 heteroatoms. The highest BCUT2D eigenvalue weighted by molar-refractivity contribution is 5.94. The van der Waals surface area contributed by atoms with E-state index in [1.807, 2.05) is 30.0 Å². The Morgan fingerprint density at radius 1 is 1.27 bits per heavy atom. The van der Waals surface area contributed by atoms with Crippen molar-refractivity contribution < 1.29 is 4.79 Å². The van der Waals surface area contributed by atoms with Crippen molar-refractivity contribution in [2.75, 3.05) is 13.1 Å². The van der Waals surface area contributed by atoms with Crippen LogP contribution in [0.2, 0.25) is 0 Å². The molecule has 0 aliphatic carbocycles. The number of piperazine rings is 1. The van der Waals surface area contributed by atoms with Gasteiger partial charge in [-0.1, -0.05) is 0 Å². The first-order valence-electron chi connectivity index (χ1n) is 7.55. The molecule has 1 aromatic carbocycles. The minimum absolute atomic E-state index is 0.0911. The molecule has 6 nitrogen and oxygen atoms in total. The second-order valence-electron chi connectivity index (χ2n) is 6.02. The number of carbonyl (C=O) groups excluding carboxylic acids is 1. The van der Waals surface area contributed by atoms with Crippen molar-refractivity contribution in [1.29, 1.82) is 0 Å². The SMILES string of the molecule is Cc1cc(C(=O)N2C[C@@H](C)N[C@@H](C)C2)ccc1-n1cncn1. The van der Waals surface area contributed by atoms with Gasteiger partial charge in [0.1, 0.15) is 12.7 Å². The van der Waals surface area contributed by atoms with Gasteiger partial charge in [0.25, 0.3) is 5.91 Å². The largest absolute Gasteiger partial charge is 0.336 e. The predicted molar refractivity (Wildman–Crippen MR) is 84.1 cm³/mol. The summed E-state index contributed by atoms with van der Waals surface area (Å²) in [6.07, 6.45) is 3.16. The molecule has 0 spiro atoms. The molecule has 1 fully saturated rings. The van der Waals surface area contributed by atoms with Crippen LogP contribution in [0.1, 0.15) is 29.8 Å². The Morgan fingerprint density at radius 3 is 2.59 bits per heavy atom. The fourth-order valence-electron chi connectivity index (χ4n) is 3.05. The van der Waals surface area contributed by atoms with Crippen LogP contribution in [-0.4, -0.2) is 50.7 Å². The number of aromatic nitrogens is 3. The molecular weight excluding hydrogens is 278 g/mol. The van der Waals surface area contributed by atoms with Crippen LogP contribution in [0.15, 0.2) is 30.9 Å². The minimum atomic E-state index is 0.0911. The molecule has 22 heavy (non-hydrogen) atoms. The molecule has 3 rings (SSSR count). The van der Waals surface area contributed by atoms with Crippen LogP contribution in [0.5, 0.6) is 0 Å². The number of aryl methyl sites for hydroxylation is 1. The van der Waals surface area contributed by atoms with E-state index in [1.54, 1.807) is 11.0 Å². The van der Waals surface area contributed by atoms with E-state index in [9.17, 15) is 4.79 Å². The molecule has 2 aromatic rings. The Labute approximate surface area is 130 Å². The van der Waals surface area contributed by atoms with Crippen molar-refractivity contribution in [1.82, 2.24) is 25.0 Å². The molecule has 116 valence electrons. The zero-order chi connectivity index (χ0) is 15.7. The van der Waals surface area contributed by atoms with E-state index in [-0.39, 0.29) is 5.91 Å². The van der Waals surface area contributed by atoms with Gasteiger partial charge >= 0.3 is 0 Å². The molecular formula is C16H21N5O. The summed E-state index contributed by atoms with van der Waals surface area (Å²) in [6, 6.07) is 6.36. The number of nitrogens with zero attached hydrogens (tertiary/aromatic N) is 4. The number of rotatable bonds is 2. The first kappa shape index (κ1) is 14.7. The number of amides is 1. The molecule has 2 heterocycles. The van der Waals surface area contributed by atoms with Crippen LogP contribution in [0.25, 0.3) is 5.69 Å². The Kier molecular flexibility index (Phi) is 3.94. The molecule has 1 N–H and O–H groups in total. The third kappa shape index (κ3) is 2.87. The summed E-state index contributed by atoms with van der Waals surface area (Å²) in [6.45, 7) is 7.68. The lowest BCUT2D eigenvalue weighted by molar-refractivity contribution is 0.0673. The van der Waals surface area contributed by atoms with Crippen LogP contribution >= 0.6 is 0 Å². The monoisotopic (exact) mass is 299 g/mol. The van der Waals surface area contributed by atoms with Crippen molar-refractivity contribution in [2.45, 2.75) is 32.9 Å². The fourth-order valence-corrected chi connectivity index (χ4v) is 3.05. The number of carbonyl (C=O) groups is 1. The van der Waals surface area contributed by atoms with Crippen molar-refractivity contribution in [2.24, 2.45) is 0 Å². The van der Waals surface area contributed by atoms with Gasteiger partial charge < -0.3 is 10.2 Å². The van der Waals surface area contributed by atoms with Crippen LogP contribution < -0.4 is 5.32 Å².